The lowest BCUT2D eigenvalue weighted by molar-refractivity contribution is -0.140. The van der Waals surface area contributed by atoms with E-state index in [2.05, 4.69) is 29.9 Å². The number of halogens is 8. The molecule has 8 rings (SSSR count). The summed E-state index contributed by atoms with van der Waals surface area (Å²) in [5.41, 5.74) is 1.36. The lowest BCUT2D eigenvalue weighted by Crippen LogP contribution is -2.10. The van der Waals surface area contributed by atoms with Crippen LogP contribution in [0.4, 0.5) is 35.1 Å². The normalized spacial score (nSPS) is 12.2. The zero-order chi connectivity index (χ0) is 43.3. The standard InChI is InChI=1S/C20H14F4N4O2S.C20H14F4N4S/c1-11-3-6-15-16(9-11)28(17-7-8-25-19(27-17)31(2,29)30)18(26-15)12-4-5-14(21)13(10-12)20(22,23)24;1-11-3-6-15-16(9-11)28(17-7-8-25-19(27-17)29-2)18(26-15)12-4-5-14(21)13(10-12)20(22,23)24/h3-10H,1-2H3;3-10H,1-2H3. The average Bonchev–Trinajstić information content (AvgIpc) is 3.76. The van der Waals surface area contributed by atoms with Crippen LogP contribution in [-0.2, 0) is 22.2 Å². The van der Waals surface area contributed by atoms with Crippen molar-refractivity contribution in [1.29, 1.82) is 0 Å². The molecule has 10 nitrogen and oxygen atoms in total. The van der Waals surface area contributed by atoms with Crippen molar-refractivity contribution in [2.24, 2.45) is 0 Å². The number of hydrogen-bond donors (Lipinski definition) is 0. The summed E-state index contributed by atoms with van der Waals surface area (Å²) in [6, 6.07) is 19.2. The van der Waals surface area contributed by atoms with Crippen LogP contribution in [-0.4, -0.2) is 60.0 Å². The third kappa shape index (κ3) is 8.42. The molecule has 20 heteroatoms. The van der Waals surface area contributed by atoms with Crippen molar-refractivity contribution >= 4 is 43.7 Å². The molecule has 308 valence electrons. The van der Waals surface area contributed by atoms with Gasteiger partial charge in [-0.05, 0) is 104 Å². The van der Waals surface area contributed by atoms with Crippen molar-refractivity contribution in [3.63, 3.8) is 0 Å². The van der Waals surface area contributed by atoms with Gasteiger partial charge in [-0.2, -0.15) is 26.3 Å². The average molecular weight is 869 g/mol. The number of aromatic nitrogens is 8. The van der Waals surface area contributed by atoms with Gasteiger partial charge in [0.1, 0.15) is 34.9 Å². The van der Waals surface area contributed by atoms with Crippen LogP contribution in [0.1, 0.15) is 22.3 Å². The van der Waals surface area contributed by atoms with Gasteiger partial charge < -0.3 is 0 Å². The van der Waals surface area contributed by atoms with Gasteiger partial charge >= 0.3 is 12.4 Å². The molecule has 0 spiro atoms. The summed E-state index contributed by atoms with van der Waals surface area (Å²) in [5, 5.41) is 0.0681. The molecule has 0 aliphatic carbocycles. The Morgan fingerprint density at radius 2 is 1.03 bits per heavy atom. The Bertz CT molecular complexity index is 3060. The topological polar surface area (TPSA) is 121 Å². The number of sulfone groups is 1. The molecule has 4 aromatic carbocycles. The van der Waals surface area contributed by atoms with E-state index in [0.29, 0.717) is 39.1 Å². The lowest BCUT2D eigenvalue weighted by Gasteiger charge is -2.12. The molecule has 0 unspecified atom stereocenters. The van der Waals surface area contributed by atoms with Crippen molar-refractivity contribution in [1.82, 2.24) is 39.0 Å². The molecule has 0 N–H and O–H groups in total. The predicted octanol–water partition coefficient (Wildman–Crippen LogP) is 10.0. The Hall–Kier alpha value is -6.28. The smallest absolute Gasteiger partial charge is 0.276 e. The van der Waals surface area contributed by atoms with Crippen molar-refractivity contribution in [3.05, 3.63) is 131 Å². The summed E-state index contributed by atoms with van der Waals surface area (Å²) in [5.74, 6) is -1.89. The highest BCUT2D eigenvalue weighted by Gasteiger charge is 2.36. The number of rotatable bonds is 6. The summed E-state index contributed by atoms with van der Waals surface area (Å²) < 4.78 is 134. The molecule has 4 heterocycles. The quantitative estimate of drug-likeness (QED) is 0.0914. The number of fused-ring (bicyclic) bond motifs is 2. The van der Waals surface area contributed by atoms with Crippen LogP contribution in [0.5, 0.6) is 0 Å². The first kappa shape index (κ1) is 41.9. The highest BCUT2D eigenvalue weighted by atomic mass is 32.2. The van der Waals surface area contributed by atoms with Gasteiger partial charge in [-0.1, -0.05) is 23.9 Å². The fraction of sp³-hybridized carbons (Fsp3) is 0.150. The van der Waals surface area contributed by atoms with Crippen LogP contribution in [0.3, 0.4) is 0 Å². The molecule has 0 atom stereocenters. The van der Waals surface area contributed by atoms with Gasteiger partial charge in [0.15, 0.2) is 5.16 Å². The van der Waals surface area contributed by atoms with Gasteiger partial charge in [0.05, 0.1) is 33.2 Å². The maximum absolute atomic E-state index is 13.8. The Labute approximate surface area is 340 Å². The molecule has 0 bridgehead atoms. The lowest BCUT2D eigenvalue weighted by atomic mass is 10.1. The summed E-state index contributed by atoms with van der Waals surface area (Å²) in [7, 11) is -3.74. The van der Waals surface area contributed by atoms with E-state index in [9.17, 15) is 43.5 Å². The van der Waals surface area contributed by atoms with E-state index in [0.717, 1.165) is 35.6 Å². The Morgan fingerprint density at radius 3 is 1.47 bits per heavy atom. The highest BCUT2D eigenvalue weighted by molar-refractivity contribution is 7.98. The van der Waals surface area contributed by atoms with Crippen LogP contribution >= 0.6 is 11.8 Å². The first-order chi connectivity index (χ1) is 28.2. The van der Waals surface area contributed by atoms with Crippen molar-refractivity contribution < 1.29 is 43.5 Å². The maximum Gasteiger partial charge on any atom is 0.419 e. The number of hydrogen-bond acceptors (Lipinski definition) is 9. The van der Waals surface area contributed by atoms with E-state index in [4.69, 9.17) is 0 Å². The second-order valence-electron chi connectivity index (χ2n) is 13.3. The number of aryl methyl sites for hydroxylation is 2. The van der Waals surface area contributed by atoms with Gasteiger partial charge in [0.2, 0.25) is 15.0 Å². The summed E-state index contributed by atoms with van der Waals surface area (Å²) in [6.45, 7) is 3.72. The largest absolute Gasteiger partial charge is 0.419 e. The highest BCUT2D eigenvalue weighted by Crippen LogP contribution is 2.38. The summed E-state index contributed by atoms with van der Waals surface area (Å²) in [6.07, 6.45) is -4.13. The van der Waals surface area contributed by atoms with E-state index in [1.54, 1.807) is 41.1 Å². The van der Waals surface area contributed by atoms with Gasteiger partial charge in [0, 0.05) is 29.8 Å². The molecular weight excluding hydrogens is 841 g/mol. The molecule has 4 aromatic heterocycles. The molecule has 0 saturated carbocycles. The molecule has 0 aliphatic heterocycles. The van der Waals surface area contributed by atoms with Crippen LogP contribution < -0.4 is 0 Å². The Balaban J connectivity index is 0.000000182. The van der Waals surface area contributed by atoms with Crippen molar-refractivity contribution in [2.45, 2.75) is 36.5 Å². The van der Waals surface area contributed by atoms with E-state index in [1.807, 2.05) is 32.2 Å². The first-order valence-electron chi connectivity index (χ1n) is 17.4. The van der Waals surface area contributed by atoms with E-state index >= 15 is 0 Å². The molecule has 0 fully saturated rings. The fourth-order valence-electron chi connectivity index (χ4n) is 6.17. The second kappa shape index (κ2) is 15.7. The molecule has 0 saturated heterocycles. The zero-order valence-corrected chi connectivity index (χ0v) is 33.1. The minimum Gasteiger partial charge on any atom is -0.276 e. The van der Waals surface area contributed by atoms with Crippen molar-refractivity contribution in [2.75, 3.05) is 12.5 Å². The number of nitrogens with zero attached hydrogens (tertiary/aromatic N) is 8. The zero-order valence-electron chi connectivity index (χ0n) is 31.5. The van der Waals surface area contributed by atoms with Crippen LogP contribution in [0.2, 0.25) is 0 Å². The summed E-state index contributed by atoms with van der Waals surface area (Å²) >= 11 is 1.34. The van der Waals surface area contributed by atoms with E-state index in [-0.39, 0.29) is 28.6 Å². The molecular formula is C40H28F8N8O2S2. The van der Waals surface area contributed by atoms with Crippen LogP contribution in [0.25, 0.3) is 56.5 Å². The van der Waals surface area contributed by atoms with E-state index in [1.165, 1.54) is 40.7 Å². The number of imidazole rings is 2. The minimum atomic E-state index is -4.90. The third-order valence-corrected chi connectivity index (χ3v) is 10.3. The number of benzene rings is 4. The number of alkyl halides is 6. The van der Waals surface area contributed by atoms with Crippen molar-refractivity contribution in [3.8, 4) is 34.4 Å². The van der Waals surface area contributed by atoms with Crippen LogP contribution in [0.15, 0.2) is 108 Å². The van der Waals surface area contributed by atoms with Gasteiger partial charge in [-0.25, -0.2) is 47.1 Å². The Kier molecular flexibility index (Phi) is 11.0. The van der Waals surface area contributed by atoms with Gasteiger partial charge in [-0.3, -0.25) is 9.13 Å². The molecule has 60 heavy (non-hydrogen) atoms. The molecule has 0 aliphatic rings. The molecule has 8 aromatic rings. The SMILES string of the molecule is CSc1nccc(-n2c(-c3ccc(F)c(C(F)(F)F)c3)nc3ccc(C)cc32)n1.Cc1ccc2nc(-c3ccc(F)c(C(F)(F)F)c3)n(-c3ccnc(S(C)(=O)=O)n3)c2c1. The third-order valence-electron chi connectivity index (χ3n) is 8.89. The summed E-state index contributed by atoms with van der Waals surface area (Å²) in [4.78, 5) is 25.4. The molecule has 0 amide bonds. The Morgan fingerprint density at radius 1 is 0.583 bits per heavy atom. The molecule has 0 radical (unpaired) electrons. The number of thioether (sulfide) groups is 1. The monoisotopic (exact) mass is 868 g/mol. The van der Waals surface area contributed by atoms with Gasteiger partial charge in [0.25, 0.3) is 0 Å². The van der Waals surface area contributed by atoms with Crippen LogP contribution in [0, 0.1) is 25.5 Å². The second-order valence-corrected chi connectivity index (χ2v) is 16.0. The first-order valence-corrected chi connectivity index (χ1v) is 20.5. The van der Waals surface area contributed by atoms with Gasteiger partial charge in [-0.15, -0.1) is 0 Å². The van der Waals surface area contributed by atoms with E-state index < -0.39 is 50.1 Å². The minimum absolute atomic E-state index is 0.0119. The fourth-order valence-corrected chi connectivity index (χ4v) is 7.04. The predicted molar refractivity (Wildman–Crippen MR) is 208 cm³/mol. The maximum atomic E-state index is 13.8.